The van der Waals surface area contributed by atoms with E-state index < -0.39 is 0 Å². The molecule has 3 heterocycles. The van der Waals surface area contributed by atoms with Gasteiger partial charge in [0.05, 0.1) is 0 Å². The number of benzene rings is 5. The first-order valence-corrected chi connectivity index (χ1v) is 11.5. The smallest absolute Gasteiger partial charge is 0.270 e. The van der Waals surface area contributed by atoms with Crippen LogP contribution in [0.3, 0.4) is 0 Å². The molecular weight excluding hydrogens is 419 g/mol. The summed E-state index contributed by atoms with van der Waals surface area (Å²) in [5, 5.41) is 0. The van der Waals surface area contributed by atoms with Crippen molar-refractivity contribution in [2.24, 2.45) is 0 Å². The van der Waals surface area contributed by atoms with Crippen molar-refractivity contribution in [2.45, 2.75) is 0 Å². The van der Waals surface area contributed by atoms with Gasteiger partial charge in [0.2, 0.25) is 0 Å². The molecule has 0 atom stereocenters. The first-order chi connectivity index (χ1) is 16.8. The Kier molecular flexibility index (Phi) is 3.48. The monoisotopic (exact) mass is 436 g/mol. The molecule has 0 fully saturated rings. The Bertz CT molecular complexity index is 1590. The van der Waals surface area contributed by atoms with E-state index >= 15 is 0 Å². The molecule has 0 N–H and O–H groups in total. The third kappa shape index (κ3) is 2.37. The molecule has 8 rings (SSSR count). The van der Waals surface area contributed by atoms with Crippen molar-refractivity contribution < 1.29 is 14.2 Å². The van der Waals surface area contributed by atoms with Gasteiger partial charge >= 0.3 is 0 Å². The van der Waals surface area contributed by atoms with Gasteiger partial charge in [0.15, 0.2) is 0 Å². The Labute approximate surface area is 197 Å². The van der Waals surface area contributed by atoms with Gasteiger partial charge in [-0.15, -0.1) is 0 Å². The summed E-state index contributed by atoms with van der Waals surface area (Å²) in [6.07, 6.45) is 0. The zero-order valence-electron chi connectivity index (χ0n) is 18.1. The molecule has 0 aliphatic carbocycles. The second-order valence-electron chi connectivity index (χ2n) is 8.87. The molecule has 0 unspecified atom stereocenters. The van der Waals surface area contributed by atoms with Crippen molar-refractivity contribution in [3.63, 3.8) is 0 Å². The van der Waals surface area contributed by atoms with Gasteiger partial charge < -0.3 is 14.2 Å². The van der Waals surface area contributed by atoms with Crippen LogP contribution in [0.15, 0.2) is 103 Å². The fourth-order valence-corrected chi connectivity index (χ4v) is 5.51. The summed E-state index contributed by atoms with van der Waals surface area (Å²) in [5.74, 6) is 5.10. The van der Waals surface area contributed by atoms with E-state index in [9.17, 15) is 0 Å². The third-order valence-electron chi connectivity index (χ3n) is 7.03. The highest BCUT2D eigenvalue weighted by molar-refractivity contribution is 6.99. The van der Waals surface area contributed by atoms with Crippen molar-refractivity contribution in [3.8, 4) is 56.8 Å². The molecule has 0 radical (unpaired) electrons. The normalized spacial score (nSPS) is 13.4. The second kappa shape index (κ2) is 6.55. The van der Waals surface area contributed by atoms with Crippen LogP contribution < -0.4 is 30.6 Å². The van der Waals surface area contributed by atoms with E-state index in [1.54, 1.807) is 0 Å². The van der Waals surface area contributed by atoms with Gasteiger partial charge in [0, 0.05) is 22.0 Å². The summed E-state index contributed by atoms with van der Waals surface area (Å²) in [4.78, 5) is 0. The van der Waals surface area contributed by atoms with Crippen LogP contribution in [-0.2, 0) is 0 Å². The second-order valence-corrected chi connectivity index (χ2v) is 8.87. The zero-order chi connectivity index (χ0) is 22.2. The Hall–Kier alpha value is -4.44. The summed E-state index contributed by atoms with van der Waals surface area (Å²) in [7, 11) is 0. The molecule has 5 aromatic carbocycles. The standard InChI is InChI=1S/C30H17BO3/c1-2-6-18(7-3-1)19-12-14-20(15-13-19)21-16-17-26-29-30(21)34-25-11-5-10-24-28(25)31(29)27-22(32-24)8-4-9-23(27)33-26/h1-17H. The van der Waals surface area contributed by atoms with Crippen molar-refractivity contribution >= 4 is 23.1 Å². The lowest BCUT2D eigenvalue weighted by Crippen LogP contribution is -2.59. The van der Waals surface area contributed by atoms with E-state index in [1.165, 1.54) is 11.1 Å². The van der Waals surface area contributed by atoms with Crippen LogP contribution in [-0.4, -0.2) is 6.71 Å². The van der Waals surface area contributed by atoms with Crippen LogP contribution in [0.5, 0.6) is 34.5 Å². The molecule has 0 bridgehead atoms. The summed E-state index contributed by atoms with van der Waals surface area (Å²) < 4.78 is 19.2. The van der Waals surface area contributed by atoms with Gasteiger partial charge in [0.1, 0.15) is 34.5 Å². The minimum atomic E-state index is 0.0298. The van der Waals surface area contributed by atoms with Crippen molar-refractivity contribution in [3.05, 3.63) is 103 Å². The molecule has 158 valence electrons. The Balaban J connectivity index is 1.33. The van der Waals surface area contributed by atoms with E-state index in [0.717, 1.165) is 62.0 Å². The summed E-state index contributed by atoms with van der Waals surface area (Å²) in [6.45, 7) is 0.0298. The summed E-state index contributed by atoms with van der Waals surface area (Å²) in [6, 6.07) is 35.4. The molecular formula is C30H17BO3. The minimum absolute atomic E-state index is 0.0298. The van der Waals surface area contributed by atoms with Crippen LogP contribution in [0.25, 0.3) is 22.3 Å². The molecule has 0 aromatic heterocycles. The predicted molar refractivity (Wildman–Crippen MR) is 135 cm³/mol. The summed E-state index contributed by atoms with van der Waals surface area (Å²) >= 11 is 0. The lowest BCUT2D eigenvalue weighted by atomic mass is 9.33. The highest BCUT2D eigenvalue weighted by Gasteiger charge is 2.46. The Morgan fingerprint density at radius 2 is 0.912 bits per heavy atom. The van der Waals surface area contributed by atoms with Crippen molar-refractivity contribution in [1.29, 1.82) is 0 Å². The third-order valence-corrected chi connectivity index (χ3v) is 7.03. The van der Waals surface area contributed by atoms with Gasteiger partial charge in [-0.05, 0) is 53.1 Å². The largest absolute Gasteiger partial charge is 0.458 e. The van der Waals surface area contributed by atoms with E-state index in [2.05, 4.69) is 60.7 Å². The number of ether oxygens (including phenoxy) is 3. The van der Waals surface area contributed by atoms with Gasteiger partial charge in [-0.25, -0.2) is 0 Å². The van der Waals surface area contributed by atoms with Crippen LogP contribution in [0, 0.1) is 0 Å². The molecule has 0 saturated carbocycles. The molecule has 0 saturated heterocycles. The predicted octanol–water partition coefficient (Wildman–Crippen LogP) is 5.85. The van der Waals surface area contributed by atoms with E-state index in [-0.39, 0.29) is 6.71 Å². The highest BCUT2D eigenvalue weighted by atomic mass is 16.5. The Morgan fingerprint density at radius 3 is 1.56 bits per heavy atom. The van der Waals surface area contributed by atoms with Crippen molar-refractivity contribution in [2.75, 3.05) is 0 Å². The van der Waals surface area contributed by atoms with E-state index in [0.29, 0.717) is 0 Å². The number of rotatable bonds is 2. The molecule has 5 aromatic rings. The summed E-state index contributed by atoms with van der Waals surface area (Å²) in [5.41, 5.74) is 7.81. The van der Waals surface area contributed by atoms with Crippen LogP contribution in [0.2, 0.25) is 0 Å². The topological polar surface area (TPSA) is 27.7 Å². The molecule has 0 spiro atoms. The lowest BCUT2D eigenvalue weighted by molar-refractivity contribution is 0.443. The molecule has 3 nitrogen and oxygen atoms in total. The lowest BCUT2D eigenvalue weighted by Gasteiger charge is -2.38. The first-order valence-electron chi connectivity index (χ1n) is 11.5. The quantitative estimate of drug-likeness (QED) is 0.318. The molecule has 4 heteroatoms. The van der Waals surface area contributed by atoms with Gasteiger partial charge in [-0.3, -0.25) is 0 Å². The fraction of sp³-hybridized carbons (Fsp3) is 0. The molecule has 0 amide bonds. The van der Waals surface area contributed by atoms with E-state index in [4.69, 9.17) is 14.2 Å². The maximum Gasteiger partial charge on any atom is 0.270 e. The van der Waals surface area contributed by atoms with Gasteiger partial charge in [0.25, 0.3) is 6.71 Å². The maximum atomic E-state index is 6.59. The molecule has 3 aliphatic heterocycles. The molecule has 3 aliphatic rings. The van der Waals surface area contributed by atoms with Crippen LogP contribution in [0.1, 0.15) is 0 Å². The van der Waals surface area contributed by atoms with Crippen LogP contribution in [0.4, 0.5) is 0 Å². The average molecular weight is 436 g/mol. The van der Waals surface area contributed by atoms with Gasteiger partial charge in [-0.2, -0.15) is 0 Å². The minimum Gasteiger partial charge on any atom is -0.458 e. The Morgan fingerprint density at radius 1 is 0.382 bits per heavy atom. The number of hydrogen-bond donors (Lipinski definition) is 0. The van der Waals surface area contributed by atoms with E-state index in [1.807, 2.05) is 42.5 Å². The number of hydrogen-bond acceptors (Lipinski definition) is 3. The van der Waals surface area contributed by atoms with Gasteiger partial charge in [-0.1, -0.05) is 66.7 Å². The average Bonchev–Trinajstić information content (AvgIpc) is 2.90. The zero-order valence-corrected chi connectivity index (χ0v) is 18.1. The highest BCUT2D eigenvalue weighted by Crippen LogP contribution is 2.44. The fourth-order valence-electron chi connectivity index (χ4n) is 5.51. The first kappa shape index (κ1) is 18.0. The maximum absolute atomic E-state index is 6.59. The SMILES string of the molecule is c1ccc(-c2ccc(-c3ccc4c5c3Oc3cccc6c3B5c3c(cccc3O4)O6)cc2)cc1. The van der Waals surface area contributed by atoms with Crippen molar-refractivity contribution in [1.82, 2.24) is 0 Å². The molecule has 34 heavy (non-hydrogen) atoms. The van der Waals surface area contributed by atoms with Crippen LogP contribution >= 0.6 is 0 Å².